The van der Waals surface area contributed by atoms with E-state index >= 15 is 0 Å². The van der Waals surface area contributed by atoms with Crippen LogP contribution in [0.4, 0.5) is 0 Å². The molecule has 19 heteroatoms. The summed E-state index contributed by atoms with van der Waals surface area (Å²) in [6, 6.07) is 0. The van der Waals surface area contributed by atoms with Gasteiger partial charge in [-0.25, -0.2) is 0 Å². The first kappa shape index (κ1) is 52.0. The van der Waals surface area contributed by atoms with Crippen LogP contribution in [0.5, 0.6) is 0 Å². The zero-order valence-corrected chi connectivity index (χ0v) is 41.6. The highest BCUT2D eigenvalue weighted by Gasteiger charge is 2.81. The Morgan fingerprint density at radius 3 is 2.06 bits per heavy atom. The van der Waals surface area contributed by atoms with Crippen molar-refractivity contribution in [3.63, 3.8) is 0 Å². The topological polar surface area (TPSA) is 268 Å². The molecule has 19 nitrogen and oxygen atoms in total. The third-order valence-electron chi connectivity index (χ3n) is 18.9. The average Bonchev–Trinajstić information content (AvgIpc) is 3.78. The van der Waals surface area contributed by atoms with Crippen molar-refractivity contribution in [3.8, 4) is 0 Å². The molecule has 5 aliphatic heterocycles. The largest absolute Gasteiger partial charge is 0.457 e. The van der Waals surface area contributed by atoms with E-state index in [-0.39, 0.29) is 52.8 Å². The number of aliphatic hydroxyl groups excluding tert-OH is 6. The molecule has 0 aromatic carbocycles. The molecule has 9 aliphatic rings. The molecule has 2 spiro atoms. The van der Waals surface area contributed by atoms with Crippen LogP contribution in [0.15, 0.2) is 11.6 Å². The van der Waals surface area contributed by atoms with Gasteiger partial charge in [-0.15, -0.1) is 0 Å². The number of allylic oxidation sites excluding steroid dienone is 1. The molecule has 69 heavy (non-hydrogen) atoms. The third-order valence-corrected chi connectivity index (χ3v) is 18.9. The summed E-state index contributed by atoms with van der Waals surface area (Å²) < 4.78 is 61.7. The van der Waals surface area contributed by atoms with Gasteiger partial charge in [0, 0.05) is 38.0 Å². The summed E-state index contributed by atoms with van der Waals surface area (Å²) in [7, 11) is 0. The maximum absolute atomic E-state index is 12.8. The predicted octanol–water partition coefficient (Wildman–Crippen LogP) is 1.75. The van der Waals surface area contributed by atoms with E-state index in [0.717, 1.165) is 51.0 Å². The number of aliphatic hydroxyl groups is 7. The Morgan fingerprint density at radius 2 is 1.38 bits per heavy atom. The molecule has 5 heterocycles. The van der Waals surface area contributed by atoms with Crippen molar-refractivity contribution < 1.29 is 92.7 Å². The second-order valence-electron chi connectivity index (χ2n) is 23.7. The van der Waals surface area contributed by atoms with Crippen LogP contribution >= 0.6 is 0 Å². The van der Waals surface area contributed by atoms with E-state index in [9.17, 15) is 45.3 Å². The summed E-state index contributed by atoms with van der Waals surface area (Å²) in [5.74, 6) is -1.59. The van der Waals surface area contributed by atoms with Gasteiger partial charge in [0.05, 0.1) is 44.2 Å². The Kier molecular flexibility index (Phi) is 13.9. The van der Waals surface area contributed by atoms with E-state index in [0.29, 0.717) is 25.4 Å². The maximum Gasteiger partial charge on any atom is 0.303 e. The molecule has 4 aliphatic carbocycles. The number of hydrogen-bond acceptors (Lipinski definition) is 19. The van der Waals surface area contributed by atoms with Gasteiger partial charge in [-0.1, -0.05) is 39.3 Å². The number of carbonyl (C=O) groups excluding carboxylic acids is 2. The second kappa shape index (κ2) is 18.5. The molecule has 0 aromatic heterocycles. The minimum absolute atomic E-state index is 0.0686. The average molecular weight is 983 g/mol. The van der Waals surface area contributed by atoms with E-state index in [1.54, 1.807) is 0 Å². The summed E-state index contributed by atoms with van der Waals surface area (Å²) in [6.07, 6.45) is -11.8. The Bertz CT molecular complexity index is 1940. The summed E-state index contributed by atoms with van der Waals surface area (Å²) in [5, 5.41) is 77.0. The quantitative estimate of drug-likeness (QED) is 0.0934. The van der Waals surface area contributed by atoms with E-state index in [1.807, 2.05) is 6.92 Å². The molecule has 2 bridgehead atoms. The molecule has 9 fully saturated rings. The lowest BCUT2D eigenvalue weighted by molar-refractivity contribution is -0.374. The van der Waals surface area contributed by atoms with Crippen molar-refractivity contribution in [2.24, 2.45) is 45.3 Å². The number of esters is 2. The van der Waals surface area contributed by atoms with Crippen LogP contribution in [0.2, 0.25) is 0 Å². The van der Waals surface area contributed by atoms with Crippen molar-refractivity contribution in [1.82, 2.24) is 0 Å². The highest BCUT2D eigenvalue weighted by Crippen LogP contribution is 2.80. The highest BCUT2D eigenvalue weighted by atomic mass is 16.8. The molecular weight excluding hydrogens is 905 g/mol. The van der Waals surface area contributed by atoms with Crippen molar-refractivity contribution in [1.29, 1.82) is 0 Å². The van der Waals surface area contributed by atoms with Gasteiger partial charge in [0.15, 0.2) is 36.9 Å². The molecule has 24 atom stereocenters. The van der Waals surface area contributed by atoms with Gasteiger partial charge >= 0.3 is 11.9 Å². The van der Waals surface area contributed by atoms with Crippen LogP contribution < -0.4 is 0 Å². The standard InChI is InChI=1S/C50H78O19/c1-23(2)16-26-17-48(9,59)41-27-10-11-32-46(7)14-13-33(45(5,6)31(46)12-15-47(32,8)49(27)21-50(41,69-26)62-22-49)66-44-40(64-25(4)53)37(29(55)20-61-44)67-43-36(58)39(38(63-24(3)52)30(18-51)65-43)68-42-35(57)34(56)28(54)19-60-42/h16,26-44,51,54-59H,10-15,17-22H2,1-9H3/t26-,27+,28+,29+,30+,31-,32-,33+,34-,35+,36+,37-,38+,39+,40+,41-,42-,43-,44-,46+,47+,48+,49+,50+/m1/s1. The summed E-state index contributed by atoms with van der Waals surface area (Å²) in [6.45, 7) is 17.0. The van der Waals surface area contributed by atoms with Crippen molar-refractivity contribution >= 4 is 11.9 Å². The fraction of sp³-hybridized carbons (Fsp3) is 0.920. The van der Waals surface area contributed by atoms with Gasteiger partial charge in [0.1, 0.15) is 48.8 Å². The van der Waals surface area contributed by atoms with E-state index in [1.165, 1.54) is 6.92 Å². The van der Waals surface area contributed by atoms with Crippen molar-refractivity contribution in [2.75, 3.05) is 26.4 Å². The Balaban J connectivity index is 0.932. The first-order valence-corrected chi connectivity index (χ1v) is 25.2. The Labute approximate surface area is 404 Å². The first-order valence-electron chi connectivity index (χ1n) is 25.2. The first-order chi connectivity index (χ1) is 32.3. The fourth-order valence-corrected chi connectivity index (χ4v) is 16.2. The van der Waals surface area contributed by atoms with Gasteiger partial charge < -0.3 is 83.1 Å². The SMILES string of the molecule is CC(=O)O[C@@H]1[C@@H](O[C@H]2CC[C@@]3(C)[C@H](CC[C@@]4(C)[C@@H]3CC[C@H]3[C@H]5[C@]6(C[C@]34CO6)O[C@H](C=C(C)C)C[C@]5(C)O)C2(C)C)OC[C@H](O)[C@H]1O[C@H]1O[C@@H](CO)[C@H](OC(C)=O)[C@@H](O[C@H]2OC[C@H](O)[C@@H](O)[C@@H]2O)[C@@H]1O. The molecule has 5 saturated heterocycles. The van der Waals surface area contributed by atoms with Crippen LogP contribution in [-0.4, -0.2) is 178 Å². The minimum Gasteiger partial charge on any atom is -0.457 e. The van der Waals surface area contributed by atoms with Gasteiger partial charge in [0.2, 0.25) is 0 Å². The van der Waals surface area contributed by atoms with Crippen LogP contribution in [0.3, 0.4) is 0 Å². The van der Waals surface area contributed by atoms with Crippen LogP contribution in [0.25, 0.3) is 0 Å². The lowest BCUT2D eigenvalue weighted by atomic mass is 9.35. The van der Waals surface area contributed by atoms with Crippen LogP contribution in [0.1, 0.15) is 114 Å². The lowest BCUT2D eigenvalue weighted by Crippen LogP contribution is -2.68. The van der Waals surface area contributed by atoms with Gasteiger partial charge in [-0.2, -0.15) is 0 Å². The van der Waals surface area contributed by atoms with Crippen LogP contribution in [0, 0.1) is 45.3 Å². The molecule has 7 N–H and O–H groups in total. The van der Waals surface area contributed by atoms with Crippen LogP contribution in [-0.2, 0) is 57.0 Å². The molecule has 4 saturated carbocycles. The fourth-order valence-electron chi connectivity index (χ4n) is 16.2. The predicted molar refractivity (Wildman–Crippen MR) is 238 cm³/mol. The van der Waals surface area contributed by atoms with Gasteiger partial charge in [-0.05, 0) is 93.3 Å². The Hall–Kier alpha value is -1.92. The normalized spacial score (nSPS) is 53.2. The summed E-state index contributed by atoms with van der Waals surface area (Å²) in [5.41, 5.74) is -0.481. The molecule has 0 unspecified atom stereocenters. The smallest absolute Gasteiger partial charge is 0.303 e. The zero-order chi connectivity index (χ0) is 50.0. The molecule has 0 amide bonds. The molecule has 0 aromatic rings. The van der Waals surface area contributed by atoms with Gasteiger partial charge in [-0.3, -0.25) is 9.59 Å². The van der Waals surface area contributed by atoms with E-state index < -0.39 is 122 Å². The number of rotatable bonds is 10. The van der Waals surface area contributed by atoms with Crippen molar-refractivity contribution in [2.45, 2.75) is 217 Å². The molecule has 9 rings (SSSR count). The third kappa shape index (κ3) is 8.46. The lowest BCUT2D eigenvalue weighted by Gasteiger charge is -2.70. The molecule has 392 valence electrons. The number of ether oxygens (including phenoxy) is 10. The summed E-state index contributed by atoms with van der Waals surface area (Å²) in [4.78, 5) is 25.1. The van der Waals surface area contributed by atoms with Crippen molar-refractivity contribution in [3.05, 3.63) is 11.6 Å². The zero-order valence-electron chi connectivity index (χ0n) is 41.6. The van der Waals surface area contributed by atoms with E-state index in [4.69, 9.17) is 47.4 Å². The second-order valence-corrected chi connectivity index (χ2v) is 23.7. The number of fused-ring (bicyclic) bond motifs is 4. The minimum atomic E-state index is -1.86. The van der Waals surface area contributed by atoms with Gasteiger partial charge in [0.25, 0.3) is 0 Å². The Morgan fingerprint density at radius 1 is 0.710 bits per heavy atom. The van der Waals surface area contributed by atoms with E-state index in [2.05, 4.69) is 47.6 Å². The monoisotopic (exact) mass is 983 g/mol. The summed E-state index contributed by atoms with van der Waals surface area (Å²) >= 11 is 0. The molecule has 0 radical (unpaired) electrons. The maximum atomic E-state index is 12.8. The highest BCUT2D eigenvalue weighted by molar-refractivity contribution is 5.66. The number of carbonyl (C=O) groups is 2. The number of hydrogen-bond donors (Lipinski definition) is 7. The molecular formula is C50H78O19.